The van der Waals surface area contributed by atoms with Crippen LogP contribution in [-0.4, -0.2) is 182 Å². The van der Waals surface area contributed by atoms with E-state index in [4.69, 9.17) is 28.0 Å². The lowest BCUT2D eigenvalue weighted by atomic mass is 10.0. The van der Waals surface area contributed by atoms with E-state index in [9.17, 15) is 57.8 Å². The van der Waals surface area contributed by atoms with Gasteiger partial charge in [0.1, 0.15) is 48.3 Å². The van der Waals surface area contributed by atoms with Crippen LogP contribution in [-0.2, 0) is 67.2 Å². The number of hydrogen-bond acceptors (Lipinski definition) is 16. The fraction of sp³-hybridized carbons (Fsp3) is 0.423. The number of carboxylic acids is 1. The molecule has 0 aliphatic carbocycles. The highest BCUT2D eigenvalue weighted by Crippen LogP contribution is 2.20. The Kier molecular flexibility index (Phi) is 25.8. The number of guanidine groups is 2. The van der Waals surface area contributed by atoms with Crippen LogP contribution in [0.4, 0.5) is 4.79 Å². The third kappa shape index (κ3) is 20.8. The third-order valence-electron chi connectivity index (χ3n) is 13.3. The van der Waals surface area contributed by atoms with Crippen LogP contribution >= 0.6 is 25.3 Å². The zero-order valence-electron chi connectivity index (χ0n) is 45.9. The van der Waals surface area contributed by atoms with Crippen molar-refractivity contribution < 1.29 is 57.8 Å². The van der Waals surface area contributed by atoms with E-state index in [0.29, 0.717) is 21.7 Å². The Morgan fingerprint density at radius 3 is 1.66 bits per heavy atom. The number of para-hydroxylation sites is 1. The first-order chi connectivity index (χ1) is 40.6. The molecule has 11 amide bonds. The molecule has 1 saturated heterocycles. The molecule has 0 spiro atoms. The molecule has 2 aromatic carbocycles. The molecular formula is C52H71N19O12S2. The number of carboxylic acid groups (broad SMARTS) is 1. The van der Waals surface area contributed by atoms with Gasteiger partial charge < -0.3 is 85.4 Å². The van der Waals surface area contributed by atoms with Gasteiger partial charge in [-0.25, -0.2) is 9.78 Å². The van der Waals surface area contributed by atoms with Crippen molar-refractivity contribution in [2.24, 2.45) is 17.2 Å². The Morgan fingerprint density at radius 2 is 1.12 bits per heavy atom. The van der Waals surface area contributed by atoms with E-state index in [1.807, 2.05) is 6.07 Å². The molecule has 1 aliphatic rings. The first-order valence-corrected chi connectivity index (χ1v) is 28.0. The van der Waals surface area contributed by atoms with Crippen LogP contribution in [0.15, 0.2) is 73.3 Å². The van der Waals surface area contributed by atoms with Crippen LogP contribution in [0.1, 0.15) is 55.3 Å². The van der Waals surface area contributed by atoms with Gasteiger partial charge in [-0.3, -0.25) is 63.7 Å². The number of benzene rings is 2. The number of aliphatic carboxylic acids is 1. The van der Waals surface area contributed by atoms with Gasteiger partial charge in [-0.05, 0) is 49.3 Å². The van der Waals surface area contributed by atoms with Gasteiger partial charge in [0.05, 0.1) is 12.9 Å². The summed E-state index contributed by atoms with van der Waals surface area (Å²) in [6.45, 7) is -0.250. The predicted molar refractivity (Wildman–Crippen MR) is 314 cm³/mol. The molecule has 0 unspecified atom stereocenters. The second-order valence-corrected chi connectivity index (χ2v) is 20.3. The summed E-state index contributed by atoms with van der Waals surface area (Å²) < 4.78 is 0. The van der Waals surface area contributed by atoms with E-state index < -0.39 is 139 Å². The van der Waals surface area contributed by atoms with E-state index in [1.54, 1.807) is 54.7 Å². The molecule has 0 bridgehead atoms. The Balaban J connectivity index is 1.41. The maximum atomic E-state index is 14.8. The van der Waals surface area contributed by atoms with Crippen LogP contribution in [0.25, 0.3) is 10.9 Å². The number of imide groups is 1. The smallest absolute Gasteiger partial charge is 0.325 e. The van der Waals surface area contributed by atoms with Crippen molar-refractivity contribution >= 4 is 113 Å². The Labute approximate surface area is 497 Å². The summed E-state index contributed by atoms with van der Waals surface area (Å²) in [5, 5.41) is 51.0. The molecule has 458 valence electrons. The van der Waals surface area contributed by atoms with E-state index in [0.717, 1.165) is 10.9 Å². The molecule has 31 nitrogen and oxygen atoms in total. The number of nitrogens with one attached hydrogen (secondary N) is 14. The highest BCUT2D eigenvalue weighted by atomic mass is 32.1. The maximum Gasteiger partial charge on any atom is 0.325 e. The lowest BCUT2D eigenvalue weighted by molar-refractivity contribution is -0.139. The number of aromatic nitrogens is 3. The summed E-state index contributed by atoms with van der Waals surface area (Å²) in [6.07, 6.45) is 2.41. The quantitative estimate of drug-likeness (QED) is 0.00686. The molecule has 85 heavy (non-hydrogen) atoms. The summed E-state index contributed by atoms with van der Waals surface area (Å²) in [4.78, 5) is 160. The van der Waals surface area contributed by atoms with Crippen LogP contribution in [0.5, 0.6) is 0 Å². The van der Waals surface area contributed by atoms with Crippen molar-refractivity contribution in [2.75, 3.05) is 31.1 Å². The standard InChI is InChI=1S/C52H71N19O12S2/c53-42(75)37(24-84)69-46(79)35(19-28-21-61-31-11-5-4-10-30(28)31)67-43(76)32(12-6-16-59-50(54)55)64-45(78)34(18-27-8-2-1-3-9-27)66-47(80)36(20-29-22-58-26-63-29)68-44(77)33(14-15-41(73)74)65-48(81)38(25-85)70-49(82)39(13-7-17-60-51(56)57)71-40(72)23-62-52(71)83/h1-5,8-11,21-22,26,32-39,61,84-85H,6-7,12-20,23-25H2,(H2,53,75)(H,58,63)(H,62,83)(H,64,78)(H,65,81)(H,66,80)(H,67,76)(H,68,77)(H,69,79)(H,70,82)(H,73,74)(H4,54,55,59)(H4,56,57,60)/t32-,33-,34+,35-,36-,37-,38-,39+/m0/s1. The number of hydrogen-bond donors (Lipinski definition) is 20. The molecule has 5 rings (SSSR count). The van der Waals surface area contributed by atoms with Crippen molar-refractivity contribution in [1.82, 2.24) is 73.0 Å². The van der Waals surface area contributed by atoms with Gasteiger partial charge >= 0.3 is 12.0 Å². The topological polar surface area (TPSA) is 502 Å². The summed E-state index contributed by atoms with van der Waals surface area (Å²) in [5.41, 5.74) is 18.6. The number of nitrogens with two attached hydrogens (primary N) is 3. The summed E-state index contributed by atoms with van der Waals surface area (Å²) in [6, 6.07) is 2.85. The van der Waals surface area contributed by atoms with Crippen molar-refractivity contribution in [3.05, 3.63) is 90.1 Å². The maximum absolute atomic E-state index is 14.8. The number of carbonyl (C=O) groups is 11. The highest BCUT2D eigenvalue weighted by Gasteiger charge is 2.40. The van der Waals surface area contributed by atoms with Crippen LogP contribution in [0.3, 0.4) is 0 Å². The number of aromatic amines is 2. The second-order valence-electron chi connectivity index (χ2n) is 19.6. The van der Waals surface area contributed by atoms with Gasteiger partial charge in [0.25, 0.3) is 5.91 Å². The Bertz CT molecular complexity index is 3020. The summed E-state index contributed by atoms with van der Waals surface area (Å²) >= 11 is 8.35. The van der Waals surface area contributed by atoms with Crippen molar-refractivity contribution in [3.8, 4) is 0 Å². The minimum absolute atomic E-state index is 0.0665. The average Bonchev–Trinajstić information content (AvgIpc) is 4.00. The van der Waals surface area contributed by atoms with Gasteiger partial charge in [-0.15, -0.1) is 0 Å². The number of imidazole rings is 1. The van der Waals surface area contributed by atoms with Crippen LogP contribution in [0, 0.1) is 10.8 Å². The van der Waals surface area contributed by atoms with Gasteiger partial charge in [-0.1, -0.05) is 48.5 Å². The van der Waals surface area contributed by atoms with Gasteiger partial charge in [0.15, 0.2) is 11.9 Å². The lowest BCUT2D eigenvalue weighted by Gasteiger charge is -2.28. The molecule has 0 radical (unpaired) electrons. The molecule has 4 aromatic rings. The predicted octanol–water partition coefficient (Wildman–Crippen LogP) is -4.03. The van der Waals surface area contributed by atoms with Crippen LogP contribution in [0.2, 0.25) is 0 Å². The number of rotatable bonds is 35. The fourth-order valence-electron chi connectivity index (χ4n) is 8.90. The Hall–Kier alpha value is -9.40. The molecule has 1 aliphatic heterocycles. The molecular weight excluding hydrogens is 1150 g/mol. The molecule has 0 saturated carbocycles. The first-order valence-electron chi connectivity index (χ1n) is 26.8. The SMILES string of the molecule is N=C(N)NCCC[C@H](NC(=O)[C@@H](Cc1ccccc1)NC(=O)[C@H](Cc1cnc[nH]1)NC(=O)[C@H](CCC(=O)O)NC(=O)[C@H](CS)NC(=O)[C@@H](CCCNC(=N)N)N1C(=O)CNC1=O)C(=O)N[C@@H](Cc1c[nH]c2ccccc12)C(=O)N[C@@H](CS)C(N)=O. The Morgan fingerprint density at radius 1 is 0.612 bits per heavy atom. The van der Waals surface area contributed by atoms with E-state index in [1.165, 1.54) is 12.5 Å². The highest BCUT2D eigenvalue weighted by molar-refractivity contribution is 7.80. The molecule has 33 heteroatoms. The minimum Gasteiger partial charge on any atom is -0.481 e. The fourth-order valence-corrected chi connectivity index (χ4v) is 9.43. The number of nitrogens with zero attached hydrogens (tertiary/aromatic N) is 2. The number of fused-ring (bicyclic) bond motifs is 1. The molecule has 3 heterocycles. The average molecular weight is 1220 g/mol. The number of H-pyrrole nitrogens is 2. The van der Waals surface area contributed by atoms with Gasteiger partial charge in [0.2, 0.25) is 47.3 Å². The normalized spacial score (nSPS) is 14.8. The summed E-state index contributed by atoms with van der Waals surface area (Å²) in [7, 11) is 0. The number of amides is 11. The molecule has 2 aromatic heterocycles. The van der Waals surface area contributed by atoms with Crippen molar-refractivity contribution in [1.29, 1.82) is 10.8 Å². The van der Waals surface area contributed by atoms with E-state index in [-0.39, 0.29) is 75.7 Å². The summed E-state index contributed by atoms with van der Waals surface area (Å²) in [5.74, 6) is -11.0. The molecule has 21 N–H and O–H groups in total. The van der Waals surface area contributed by atoms with Gasteiger partial charge in [-0.2, -0.15) is 25.3 Å². The number of primary amides is 1. The number of thiol groups is 2. The number of urea groups is 1. The monoisotopic (exact) mass is 1220 g/mol. The lowest BCUT2D eigenvalue weighted by Crippen LogP contribution is -2.61. The van der Waals surface area contributed by atoms with E-state index >= 15 is 0 Å². The van der Waals surface area contributed by atoms with Crippen molar-refractivity contribution in [2.45, 2.75) is 106 Å². The first kappa shape index (κ1) is 66.4. The minimum atomic E-state index is -1.71. The largest absolute Gasteiger partial charge is 0.481 e. The molecule has 8 atom stereocenters. The van der Waals surface area contributed by atoms with E-state index in [2.05, 4.69) is 93.4 Å². The molecule has 1 fully saturated rings. The second kappa shape index (κ2) is 33.0. The van der Waals surface area contributed by atoms with Crippen LogP contribution < -0.4 is 70.4 Å². The van der Waals surface area contributed by atoms with Gasteiger partial charge in [0, 0.05) is 79.3 Å². The number of carbonyl (C=O) groups excluding carboxylic acids is 10. The third-order valence-corrected chi connectivity index (χ3v) is 14.0. The van der Waals surface area contributed by atoms with Crippen molar-refractivity contribution in [3.63, 3.8) is 0 Å². The zero-order chi connectivity index (χ0) is 62.2. The zero-order valence-corrected chi connectivity index (χ0v) is 47.7.